The predicted molar refractivity (Wildman–Crippen MR) is 60.1 cm³/mol. The van der Waals surface area contributed by atoms with Crippen LogP contribution >= 0.6 is 11.3 Å². The van der Waals surface area contributed by atoms with Crippen molar-refractivity contribution in [2.24, 2.45) is 5.73 Å². The molecular formula is C11H11FN2S. The molecule has 0 spiro atoms. The molecule has 2 aromatic rings. The van der Waals surface area contributed by atoms with E-state index in [9.17, 15) is 4.39 Å². The first-order valence-corrected chi connectivity index (χ1v) is 5.52. The van der Waals surface area contributed by atoms with Gasteiger partial charge in [0.2, 0.25) is 0 Å². The SMILES string of the molecule is CC(N)c1csc(-c2ccccc2F)n1. The van der Waals surface area contributed by atoms with Crippen LogP contribution in [0, 0.1) is 5.82 Å². The molecule has 4 heteroatoms. The zero-order valence-corrected chi connectivity index (χ0v) is 9.09. The van der Waals surface area contributed by atoms with E-state index >= 15 is 0 Å². The summed E-state index contributed by atoms with van der Waals surface area (Å²) in [6.45, 7) is 1.86. The van der Waals surface area contributed by atoms with E-state index in [1.165, 1.54) is 17.4 Å². The summed E-state index contributed by atoms with van der Waals surface area (Å²) in [5.74, 6) is -0.247. The highest BCUT2D eigenvalue weighted by Crippen LogP contribution is 2.27. The van der Waals surface area contributed by atoms with E-state index in [2.05, 4.69) is 4.98 Å². The van der Waals surface area contributed by atoms with E-state index < -0.39 is 0 Å². The lowest BCUT2D eigenvalue weighted by atomic mass is 10.2. The lowest BCUT2D eigenvalue weighted by molar-refractivity contribution is 0.631. The second-order valence-electron chi connectivity index (χ2n) is 3.35. The van der Waals surface area contributed by atoms with Gasteiger partial charge in [-0.25, -0.2) is 9.37 Å². The molecule has 1 atom stereocenters. The maximum atomic E-state index is 13.4. The molecule has 0 fully saturated rings. The number of hydrogen-bond acceptors (Lipinski definition) is 3. The van der Waals surface area contributed by atoms with E-state index in [-0.39, 0.29) is 11.9 Å². The smallest absolute Gasteiger partial charge is 0.133 e. The van der Waals surface area contributed by atoms with Crippen LogP contribution in [0.4, 0.5) is 4.39 Å². The van der Waals surface area contributed by atoms with Gasteiger partial charge in [-0.05, 0) is 19.1 Å². The standard InChI is InChI=1S/C11H11FN2S/c1-7(13)10-6-15-11(14-10)8-4-2-3-5-9(8)12/h2-7H,13H2,1H3. The Morgan fingerprint density at radius 3 is 2.73 bits per heavy atom. The molecule has 0 radical (unpaired) electrons. The van der Waals surface area contributed by atoms with Gasteiger partial charge < -0.3 is 5.73 Å². The Morgan fingerprint density at radius 2 is 2.13 bits per heavy atom. The van der Waals surface area contributed by atoms with E-state index in [0.717, 1.165) is 5.69 Å². The molecule has 2 nitrogen and oxygen atoms in total. The number of aromatic nitrogens is 1. The maximum absolute atomic E-state index is 13.4. The lowest BCUT2D eigenvalue weighted by Gasteiger charge is -1.99. The first-order chi connectivity index (χ1) is 7.18. The van der Waals surface area contributed by atoms with E-state index in [1.54, 1.807) is 18.2 Å². The first-order valence-electron chi connectivity index (χ1n) is 4.64. The van der Waals surface area contributed by atoms with Gasteiger partial charge in [-0.3, -0.25) is 0 Å². The molecule has 2 rings (SSSR count). The number of rotatable bonds is 2. The number of benzene rings is 1. The number of hydrogen-bond donors (Lipinski definition) is 1. The summed E-state index contributed by atoms with van der Waals surface area (Å²) in [6.07, 6.45) is 0. The normalized spacial score (nSPS) is 12.7. The minimum absolute atomic E-state index is 0.109. The molecule has 0 bridgehead atoms. The Kier molecular flexibility index (Phi) is 2.79. The van der Waals surface area contributed by atoms with Crippen LogP contribution in [0.1, 0.15) is 18.7 Å². The van der Waals surface area contributed by atoms with Crippen molar-refractivity contribution in [3.8, 4) is 10.6 Å². The summed E-state index contributed by atoms with van der Waals surface area (Å²) in [6, 6.07) is 6.51. The summed E-state index contributed by atoms with van der Waals surface area (Å²) < 4.78 is 13.4. The summed E-state index contributed by atoms with van der Waals surface area (Å²) in [5.41, 5.74) is 7.03. The molecule has 0 saturated carbocycles. The molecule has 78 valence electrons. The fourth-order valence-electron chi connectivity index (χ4n) is 1.25. The van der Waals surface area contributed by atoms with Gasteiger partial charge in [-0.15, -0.1) is 11.3 Å². The van der Waals surface area contributed by atoms with Crippen molar-refractivity contribution in [2.45, 2.75) is 13.0 Å². The number of halogens is 1. The average molecular weight is 222 g/mol. The van der Waals surface area contributed by atoms with Crippen molar-refractivity contribution in [1.29, 1.82) is 0 Å². The first kappa shape index (κ1) is 10.3. The molecule has 15 heavy (non-hydrogen) atoms. The fraction of sp³-hybridized carbons (Fsp3) is 0.182. The second-order valence-corrected chi connectivity index (χ2v) is 4.20. The van der Waals surface area contributed by atoms with Crippen molar-refractivity contribution in [3.05, 3.63) is 41.2 Å². The molecular weight excluding hydrogens is 211 g/mol. The predicted octanol–water partition coefficient (Wildman–Crippen LogP) is 2.97. The Balaban J connectivity index is 2.42. The highest BCUT2D eigenvalue weighted by atomic mass is 32.1. The van der Waals surface area contributed by atoms with Crippen molar-refractivity contribution < 1.29 is 4.39 Å². The molecule has 0 amide bonds. The molecule has 1 heterocycles. The van der Waals surface area contributed by atoms with Gasteiger partial charge in [-0.1, -0.05) is 12.1 Å². The van der Waals surface area contributed by atoms with Crippen LogP contribution in [-0.2, 0) is 0 Å². The van der Waals surface area contributed by atoms with Crippen LogP contribution < -0.4 is 5.73 Å². The summed E-state index contributed by atoms with van der Waals surface area (Å²) in [5, 5.41) is 2.55. The number of thiazole rings is 1. The highest BCUT2D eigenvalue weighted by Gasteiger charge is 2.10. The van der Waals surface area contributed by atoms with Crippen molar-refractivity contribution in [1.82, 2.24) is 4.98 Å². The van der Waals surface area contributed by atoms with Gasteiger partial charge >= 0.3 is 0 Å². The van der Waals surface area contributed by atoms with Crippen LogP contribution in [0.3, 0.4) is 0 Å². The Bertz CT molecular complexity index is 465. The van der Waals surface area contributed by atoms with E-state index in [1.807, 2.05) is 12.3 Å². The Hall–Kier alpha value is -1.26. The molecule has 1 aromatic heterocycles. The zero-order valence-electron chi connectivity index (χ0n) is 8.27. The van der Waals surface area contributed by atoms with Crippen LogP contribution in [-0.4, -0.2) is 4.98 Å². The third-order valence-corrected chi connectivity index (χ3v) is 2.99. The summed E-state index contributed by atoms with van der Waals surface area (Å²) >= 11 is 1.41. The third kappa shape index (κ3) is 2.06. The number of nitrogens with two attached hydrogens (primary N) is 1. The van der Waals surface area contributed by atoms with Crippen molar-refractivity contribution in [3.63, 3.8) is 0 Å². The van der Waals surface area contributed by atoms with E-state index in [4.69, 9.17) is 5.73 Å². The fourth-order valence-corrected chi connectivity index (χ4v) is 2.20. The molecule has 2 N–H and O–H groups in total. The van der Waals surface area contributed by atoms with Crippen LogP contribution in [0.2, 0.25) is 0 Å². The maximum Gasteiger partial charge on any atom is 0.133 e. The largest absolute Gasteiger partial charge is 0.323 e. The minimum atomic E-state index is -0.247. The monoisotopic (exact) mass is 222 g/mol. The van der Waals surface area contributed by atoms with Gasteiger partial charge in [-0.2, -0.15) is 0 Å². The van der Waals surface area contributed by atoms with Crippen LogP contribution in [0.25, 0.3) is 10.6 Å². The molecule has 0 saturated heterocycles. The molecule has 1 aromatic carbocycles. The van der Waals surface area contributed by atoms with Gasteiger partial charge in [0, 0.05) is 17.0 Å². The van der Waals surface area contributed by atoms with Crippen molar-refractivity contribution in [2.75, 3.05) is 0 Å². The van der Waals surface area contributed by atoms with Crippen molar-refractivity contribution >= 4 is 11.3 Å². The Morgan fingerprint density at radius 1 is 1.40 bits per heavy atom. The molecule has 0 aliphatic heterocycles. The third-order valence-electron chi connectivity index (χ3n) is 2.09. The van der Waals surface area contributed by atoms with Crippen LogP contribution in [0.15, 0.2) is 29.6 Å². The molecule has 0 aliphatic carbocycles. The molecule has 0 aliphatic rings. The quantitative estimate of drug-likeness (QED) is 0.848. The second kappa shape index (κ2) is 4.08. The van der Waals surface area contributed by atoms with Gasteiger partial charge in [0.1, 0.15) is 10.8 Å². The summed E-state index contributed by atoms with van der Waals surface area (Å²) in [7, 11) is 0. The topological polar surface area (TPSA) is 38.9 Å². The zero-order chi connectivity index (χ0) is 10.8. The average Bonchev–Trinajstić information content (AvgIpc) is 2.67. The highest BCUT2D eigenvalue weighted by molar-refractivity contribution is 7.13. The van der Waals surface area contributed by atoms with E-state index in [0.29, 0.717) is 10.6 Å². The number of nitrogens with zero attached hydrogens (tertiary/aromatic N) is 1. The van der Waals surface area contributed by atoms with Gasteiger partial charge in [0.05, 0.1) is 5.69 Å². The minimum Gasteiger partial charge on any atom is -0.323 e. The van der Waals surface area contributed by atoms with Gasteiger partial charge in [0.25, 0.3) is 0 Å². The molecule has 1 unspecified atom stereocenters. The van der Waals surface area contributed by atoms with Gasteiger partial charge in [0.15, 0.2) is 0 Å². The summed E-state index contributed by atoms with van der Waals surface area (Å²) in [4.78, 5) is 4.29. The Labute approximate surface area is 91.6 Å². The lowest BCUT2D eigenvalue weighted by Crippen LogP contribution is -2.04. The van der Waals surface area contributed by atoms with Crippen LogP contribution in [0.5, 0.6) is 0 Å².